The standard InChI is InChI=1S/C13H20BrFOSi/c1-9-7-11(15)10(14)8-12(9)16-17(5,6)13(2,3)4/h7-8H,1-6H3. The van der Waals surface area contributed by atoms with Gasteiger partial charge in [-0.1, -0.05) is 20.8 Å². The lowest BCUT2D eigenvalue weighted by Crippen LogP contribution is -2.44. The van der Waals surface area contributed by atoms with Crippen LogP contribution in [0.2, 0.25) is 18.1 Å². The number of halogens is 2. The molecule has 0 amide bonds. The van der Waals surface area contributed by atoms with Gasteiger partial charge in [0.1, 0.15) is 11.6 Å². The van der Waals surface area contributed by atoms with E-state index in [2.05, 4.69) is 49.8 Å². The fraction of sp³-hybridized carbons (Fsp3) is 0.538. The van der Waals surface area contributed by atoms with Crippen LogP contribution in [0.5, 0.6) is 5.75 Å². The first kappa shape index (κ1) is 14.7. The maximum absolute atomic E-state index is 13.3. The summed E-state index contributed by atoms with van der Waals surface area (Å²) in [6.45, 7) is 12.8. The summed E-state index contributed by atoms with van der Waals surface area (Å²) in [7, 11) is -1.86. The molecule has 1 nitrogen and oxygen atoms in total. The molecule has 0 fully saturated rings. The van der Waals surface area contributed by atoms with Crippen molar-refractivity contribution in [1.82, 2.24) is 0 Å². The summed E-state index contributed by atoms with van der Waals surface area (Å²) in [5, 5.41) is 0.139. The smallest absolute Gasteiger partial charge is 0.250 e. The first-order chi connectivity index (χ1) is 7.54. The molecule has 1 aromatic carbocycles. The Bertz CT molecular complexity index is 424. The van der Waals surface area contributed by atoms with Gasteiger partial charge in [-0.15, -0.1) is 0 Å². The van der Waals surface area contributed by atoms with Crippen LogP contribution in [-0.2, 0) is 0 Å². The van der Waals surface area contributed by atoms with E-state index in [4.69, 9.17) is 4.43 Å². The zero-order valence-corrected chi connectivity index (χ0v) is 13.9. The normalized spacial score (nSPS) is 12.7. The molecule has 0 atom stereocenters. The lowest BCUT2D eigenvalue weighted by Gasteiger charge is -2.37. The summed E-state index contributed by atoms with van der Waals surface area (Å²) in [6.07, 6.45) is 0. The minimum Gasteiger partial charge on any atom is -0.543 e. The second-order valence-corrected chi connectivity index (χ2v) is 11.5. The first-order valence-corrected chi connectivity index (χ1v) is 9.39. The Balaban J connectivity index is 3.08. The number of benzene rings is 1. The molecule has 0 aliphatic carbocycles. The molecule has 0 N–H and O–H groups in total. The van der Waals surface area contributed by atoms with Crippen molar-refractivity contribution in [2.45, 2.75) is 45.8 Å². The van der Waals surface area contributed by atoms with Crippen molar-refractivity contribution in [3.05, 3.63) is 28.0 Å². The summed E-state index contributed by atoms with van der Waals surface area (Å²) in [4.78, 5) is 0. The van der Waals surface area contributed by atoms with Crippen LogP contribution >= 0.6 is 15.9 Å². The van der Waals surface area contributed by atoms with Crippen LogP contribution in [0, 0.1) is 12.7 Å². The van der Waals surface area contributed by atoms with E-state index in [9.17, 15) is 4.39 Å². The van der Waals surface area contributed by atoms with Gasteiger partial charge in [0.15, 0.2) is 0 Å². The largest absolute Gasteiger partial charge is 0.543 e. The zero-order valence-electron chi connectivity index (χ0n) is 11.3. The van der Waals surface area contributed by atoms with Gasteiger partial charge < -0.3 is 4.43 Å². The molecule has 0 unspecified atom stereocenters. The molecule has 1 aromatic rings. The lowest BCUT2D eigenvalue weighted by molar-refractivity contribution is 0.486. The Hall–Kier alpha value is -0.353. The van der Waals surface area contributed by atoms with E-state index in [1.54, 1.807) is 6.07 Å². The summed E-state index contributed by atoms with van der Waals surface area (Å²) in [6, 6.07) is 3.23. The lowest BCUT2D eigenvalue weighted by atomic mass is 10.2. The van der Waals surface area contributed by atoms with Crippen LogP contribution in [0.4, 0.5) is 4.39 Å². The van der Waals surface area contributed by atoms with Crippen molar-refractivity contribution in [2.24, 2.45) is 0 Å². The molecule has 0 bridgehead atoms. The molecule has 17 heavy (non-hydrogen) atoms. The predicted octanol–water partition coefficient (Wildman–Crippen LogP) is 5.28. The Morgan fingerprint density at radius 1 is 1.24 bits per heavy atom. The summed E-state index contributed by atoms with van der Waals surface area (Å²) in [5.74, 6) is 0.537. The first-order valence-electron chi connectivity index (χ1n) is 5.69. The highest BCUT2D eigenvalue weighted by molar-refractivity contribution is 9.10. The van der Waals surface area contributed by atoms with Crippen molar-refractivity contribution in [3.8, 4) is 5.75 Å². The van der Waals surface area contributed by atoms with Gasteiger partial charge in [0.05, 0.1) is 4.47 Å². The molecule has 0 aliphatic heterocycles. The van der Waals surface area contributed by atoms with Crippen LogP contribution < -0.4 is 4.43 Å². The average molecular weight is 319 g/mol. The second-order valence-electron chi connectivity index (χ2n) is 5.89. The Kier molecular flexibility index (Phi) is 4.09. The van der Waals surface area contributed by atoms with Crippen LogP contribution in [0.25, 0.3) is 0 Å². The third-order valence-electron chi connectivity index (χ3n) is 3.39. The monoisotopic (exact) mass is 318 g/mol. The van der Waals surface area contributed by atoms with Crippen molar-refractivity contribution in [1.29, 1.82) is 0 Å². The van der Waals surface area contributed by atoms with Gasteiger partial charge in [-0.3, -0.25) is 0 Å². The molecule has 0 heterocycles. The van der Waals surface area contributed by atoms with Gasteiger partial charge in [-0.25, -0.2) is 4.39 Å². The quantitative estimate of drug-likeness (QED) is 0.674. The van der Waals surface area contributed by atoms with E-state index in [1.807, 2.05) is 6.92 Å². The molecular weight excluding hydrogens is 299 g/mol. The van der Waals surface area contributed by atoms with E-state index < -0.39 is 8.32 Å². The number of hydrogen-bond acceptors (Lipinski definition) is 1. The maximum Gasteiger partial charge on any atom is 0.250 e. The topological polar surface area (TPSA) is 9.23 Å². The minimum absolute atomic E-state index is 0.139. The Morgan fingerprint density at radius 2 is 1.76 bits per heavy atom. The van der Waals surface area contributed by atoms with Crippen LogP contribution in [0.3, 0.4) is 0 Å². The molecule has 0 aliphatic rings. The van der Waals surface area contributed by atoms with E-state index >= 15 is 0 Å². The van der Waals surface area contributed by atoms with Crippen molar-refractivity contribution in [2.75, 3.05) is 0 Å². The van der Waals surface area contributed by atoms with E-state index in [0.717, 1.165) is 11.3 Å². The average Bonchev–Trinajstić information content (AvgIpc) is 2.12. The van der Waals surface area contributed by atoms with E-state index in [0.29, 0.717) is 4.47 Å². The van der Waals surface area contributed by atoms with Gasteiger partial charge in [0.25, 0.3) is 0 Å². The summed E-state index contributed by atoms with van der Waals surface area (Å²) < 4.78 is 20.0. The van der Waals surface area contributed by atoms with Gasteiger partial charge in [0, 0.05) is 0 Å². The van der Waals surface area contributed by atoms with Crippen molar-refractivity contribution >= 4 is 24.2 Å². The molecule has 4 heteroatoms. The van der Waals surface area contributed by atoms with Crippen molar-refractivity contribution in [3.63, 3.8) is 0 Å². The SMILES string of the molecule is Cc1cc(F)c(Br)cc1O[Si](C)(C)C(C)(C)C. The zero-order chi connectivity index (χ0) is 13.4. The number of aryl methyl sites for hydroxylation is 1. The second kappa shape index (κ2) is 4.73. The Labute approximate surface area is 113 Å². The van der Waals surface area contributed by atoms with Crippen LogP contribution in [0.15, 0.2) is 16.6 Å². The molecule has 0 radical (unpaired) electrons. The predicted molar refractivity (Wildman–Crippen MR) is 76.7 cm³/mol. The maximum atomic E-state index is 13.3. The van der Waals surface area contributed by atoms with Gasteiger partial charge in [-0.2, -0.15) is 0 Å². The molecule has 0 saturated carbocycles. The highest BCUT2D eigenvalue weighted by Crippen LogP contribution is 2.39. The third-order valence-corrected chi connectivity index (χ3v) is 8.34. The number of rotatable bonds is 2. The van der Waals surface area contributed by atoms with Crippen LogP contribution in [0.1, 0.15) is 26.3 Å². The number of hydrogen-bond donors (Lipinski definition) is 0. The molecule has 96 valence electrons. The molecule has 0 aromatic heterocycles. The van der Waals surface area contributed by atoms with Gasteiger partial charge in [-0.05, 0) is 58.7 Å². The minimum atomic E-state index is -1.86. The highest BCUT2D eigenvalue weighted by atomic mass is 79.9. The van der Waals surface area contributed by atoms with Crippen LogP contribution in [-0.4, -0.2) is 8.32 Å². The molecule has 0 saturated heterocycles. The molecular formula is C13H20BrFOSi. The summed E-state index contributed by atoms with van der Waals surface area (Å²) in [5.41, 5.74) is 0.843. The highest BCUT2D eigenvalue weighted by Gasteiger charge is 2.39. The fourth-order valence-corrected chi connectivity index (χ4v) is 2.56. The van der Waals surface area contributed by atoms with E-state index in [1.165, 1.54) is 6.07 Å². The Morgan fingerprint density at radius 3 is 2.24 bits per heavy atom. The fourth-order valence-electron chi connectivity index (χ4n) is 1.17. The van der Waals surface area contributed by atoms with Gasteiger partial charge in [0.2, 0.25) is 8.32 Å². The third kappa shape index (κ3) is 3.32. The van der Waals surface area contributed by atoms with E-state index in [-0.39, 0.29) is 10.9 Å². The van der Waals surface area contributed by atoms with Gasteiger partial charge >= 0.3 is 0 Å². The molecule has 1 rings (SSSR count). The summed E-state index contributed by atoms with van der Waals surface area (Å²) >= 11 is 3.20. The molecule has 0 spiro atoms. The van der Waals surface area contributed by atoms with Crippen molar-refractivity contribution < 1.29 is 8.82 Å².